The normalized spacial score (nSPS) is 33.5. The molecular formula is C13H18N4OS. The lowest BCUT2D eigenvalue weighted by Gasteiger charge is -2.26. The minimum Gasteiger partial charge on any atom is -0.353 e. The van der Waals surface area contributed by atoms with Gasteiger partial charge in [-0.15, -0.1) is 10.2 Å². The summed E-state index contributed by atoms with van der Waals surface area (Å²) in [5.41, 5.74) is 2.01. The van der Waals surface area contributed by atoms with Crippen LogP contribution >= 0.6 is 11.3 Å². The van der Waals surface area contributed by atoms with E-state index in [1.807, 2.05) is 0 Å². The highest BCUT2D eigenvalue weighted by atomic mass is 32.1. The molecule has 3 aliphatic rings. The average Bonchev–Trinajstić information content (AvgIpc) is 2.76. The van der Waals surface area contributed by atoms with Crippen molar-refractivity contribution in [3.8, 4) is 0 Å². The van der Waals surface area contributed by atoms with Crippen molar-refractivity contribution in [1.82, 2.24) is 15.5 Å². The zero-order valence-electron chi connectivity index (χ0n) is 10.8. The molecule has 0 aromatic carbocycles. The predicted molar refractivity (Wildman–Crippen MR) is 73.1 cm³/mol. The van der Waals surface area contributed by atoms with Crippen LogP contribution < -0.4 is 10.2 Å². The van der Waals surface area contributed by atoms with Crippen molar-refractivity contribution >= 4 is 22.4 Å². The van der Waals surface area contributed by atoms with Gasteiger partial charge in [0.2, 0.25) is 11.0 Å². The number of rotatable bonds is 3. The maximum Gasteiger partial charge on any atom is 0.223 e. The minimum absolute atomic E-state index is 0.236. The molecule has 1 N–H and O–H groups in total. The molecular weight excluding hydrogens is 260 g/mol. The third-order valence-electron chi connectivity index (χ3n) is 4.96. The predicted octanol–water partition coefficient (Wildman–Crippen LogP) is 1.42. The summed E-state index contributed by atoms with van der Waals surface area (Å²) in [6.07, 6.45) is 5.78. The number of hydrogen-bond donors (Lipinski definition) is 1. The van der Waals surface area contributed by atoms with E-state index in [-0.39, 0.29) is 11.3 Å². The molecule has 2 aliphatic carbocycles. The number of nitrogens with one attached hydrogen (secondary N) is 1. The molecule has 4 rings (SSSR count). The fraction of sp³-hybridized carbons (Fsp3) is 0.769. The van der Waals surface area contributed by atoms with Gasteiger partial charge in [-0.2, -0.15) is 0 Å². The van der Waals surface area contributed by atoms with Crippen molar-refractivity contribution in [2.75, 3.05) is 18.0 Å². The fourth-order valence-electron chi connectivity index (χ4n) is 3.39. The van der Waals surface area contributed by atoms with Crippen LogP contribution in [-0.2, 0) is 4.79 Å². The SMILES string of the molecule is O=C(NC1CCC1)[C@@H]1C[C@@]12CCN(c1nncs1)C2. The van der Waals surface area contributed by atoms with E-state index in [4.69, 9.17) is 0 Å². The Morgan fingerprint density at radius 1 is 1.53 bits per heavy atom. The maximum absolute atomic E-state index is 12.2. The Balaban J connectivity index is 1.37. The van der Waals surface area contributed by atoms with Crippen LogP contribution in [0.4, 0.5) is 5.13 Å². The van der Waals surface area contributed by atoms with Gasteiger partial charge in [0, 0.05) is 30.5 Å². The summed E-state index contributed by atoms with van der Waals surface area (Å²) in [4.78, 5) is 14.5. The summed E-state index contributed by atoms with van der Waals surface area (Å²) >= 11 is 1.58. The lowest BCUT2D eigenvalue weighted by Crippen LogP contribution is -2.41. The second kappa shape index (κ2) is 4.16. The molecule has 102 valence electrons. The summed E-state index contributed by atoms with van der Waals surface area (Å²) in [5.74, 6) is 0.537. The summed E-state index contributed by atoms with van der Waals surface area (Å²) in [7, 11) is 0. The molecule has 0 bridgehead atoms. The third kappa shape index (κ3) is 1.93. The van der Waals surface area contributed by atoms with Crippen molar-refractivity contribution < 1.29 is 4.79 Å². The Morgan fingerprint density at radius 2 is 2.42 bits per heavy atom. The van der Waals surface area contributed by atoms with Crippen LogP contribution in [0.2, 0.25) is 0 Å². The van der Waals surface area contributed by atoms with Crippen molar-refractivity contribution in [3.63, 3.8) is 0 Å². The molecule has 19 heavy (non-hydrogen) atoms. The summed E-state index contributed by atoms with van der Waals surface area (Å²) in [5, 5.41) is 12.2. The van der Waals surface area contributed by atoms with E-state index in [0.717, 1.165) is 31.1 Å². The minimum atomic E-state index is 0.236. The van der Waals surface area contributed by atoms with Crippen LogP contribution in [0.25, 0.3) is 0 Å². The molecule has 1 spiro atoms. The molecule has 0 radical (unpaired) electrons. The van der Waals surface area contributed by atoms with Gasteiger partial charge in [0.05, 0.1) is 0 Å². The van der Waals surface area contributed by atoms with Gasteiger partial charge in [0.25, 0.3) is 0 Å². The standard InChI is InChI=1S/C13H18N4OS/c18-11(15-9-2-1-3-9)10-6-13(10)4-5-17(7-13)12-16-14-8-19-12/h8-10H,1-7H2,(H,15,18)/t10-,13+/m0/s1. The molecule has 2 heterocycles. The first-order valence-corrected chi connectivity index (χ1v) is 7.96. The van der Waals surface area contributed by atoms with Gasteiger partial charge < -0.3 is 10.2 Å². The topological polar surface area (TPSA) is 58.1 Å². The molecule has 2 saturated carbocycles. The first kappa shape index (κ1) is 11.6. The van der Waals surface area contributed by atoms with Crippen molar-refractivity contribution in [1.29, 1.82) is 0 Å². The number of anilines is 1. The van der Waals surface area contributed by atoms with E-state index in [1.165, 1.54) is 19.3 Å². The summed E-state index contributed by atoms with van der Waals surface area (Å²) < 4.78 is 0. The van der Waals surface area contributed by atoms with E-state index >= 15 is 0 Å². The quantitative estimate of drug-likeness (QED) is 0.908. The molecule has 1 amide bonds. The summed E-state index contributed by atoms with van der Waals surface area (Å²) in [6.45, 7) is 1.99. The largest absolute Gasteiger partial charge is 0.353 e. The second-order valence-corrected chi connectivity index (χ2v) is 6.96. The van der Waals surface area contributed by atoms with Crippen molar-refractivity contribution in [2.45, 2.75) is 38.1 Å². The molecule has 1 aromatic rings. The highest BCUT2D eigenvalue weighted by Gasteiger charge is 2.61. The zero-order chi connectivity index (χ0) is 12.9. The number of aromatic nitrogens is 2. The first-order valence-electron chi connectivity index (χ1n) is 7.08. The molecule has 1 aliphatic heterocycles. The van der Waals surface area contributed by atoms with Crippen LogP contribution in [0, 0.1) is 11.3 Å². The second-order valence-electron chi connectivity index (χ2n) is 6.15. The van der Waals surface area contributed by atoms with Gasteiger partial charge >= 0.3 is 0 Å². The zero-order valence-corrected chi connectivity index (χ0v) is 11.7. The van der Waals surface area contributed by atoms with E-state index in [9.17, 15) is 4.79 Å². The van der Waals surface area contributed by atoms with Crippen LogP contribution in [-0.4, -0.2) is 35.2 Å². The van der Waals surface area contributed by atoms with Crippen LogP contribution in [0.15, 0.2) is 5.51 Å². The molecule has 6 heteroatoms. The number of amides is 1. The Kier molecular flexibility index (Phi) is 2.55. The van der Waals surface area contributed by atoms with Gasteiger partial charge in [0.1, 0.15) is 5.51 Å². The smallest absolute Gasteiger partial charge is 0.223 e. The van der Waals surface area contributed by atoms with E-state index in [0.29, 0.717) is 11.9 Å². The molecule has 1 saturated heterocycles. The summed E-state index contributed by atoms with van der Waals surface area (Å²) in [6, 6.07) is 0.464. The highest BCUT2D eigenvalue weighted by Crippen LogP contribution is 2.59. The van der Waals surface area contributed by atoms with E-state index < -0.39 is 0 Å². The molecule has 2 atom stereocenters. The number of carbonyl (C=O) groups excluding carboxylic acids is 1. The van der Waals surface area contributed by atoms with Gasteiger partial charge in [-0.1, -0.05) is 11.3 Å². The Hall–Kier alpha value is -1.17. The van der Waals surface area contributed by atoms with Gasteiger partial charge in [-0.3, -0.25) is 4.79 Å². The number of nitrogens with zero attached hydrogens (tertiary/aromatic N) is 3. The van der Waals surface area contributed by atoms with Crippen LogP contribution in [0.3, 0.4) is 0 Å². The monoisotopic (exact) mass is 278 g/mol. The van der Waals surface area contributed by atoms with Crippen molar-refractivity contribution in [2.24, 2.45) is 11.3 Å². The average molecular weight is 278 g/mol. The molecule has 5 nitrogen and oxygen atoms in total. The van der Waals surface area contributed by atoms with Crippen LogP contribution in [0.1, 0.15) is 32.1 Å². The Morgan fingerprint density at radius 3 is 3.11 bits per heavy atom. The van der Waals surface area contributed by atoms with Gasteiger partial charge in [-0.25, -0.2) is 0 Å². The van der Waals surface area contributed by atoms with Gasteiger partial charge in [-0.05, 0) is 32.1 Å². The molecule has 1 aromatic heterocycles. The lowest BCUT2D eigenvalue weighted by molar-refractivity contribution is -0.124. The maximum atomic E-state index is 12.2. The Labute approximate surface area is 116 Å². The number of carbonyl (C=O) groups is 1. The van der Waals surface area contributed by atoms with Gasteiger partial charge in [0.15, 0.2) is 0 Å². The fourth-order valence-corrected chi connectivity index (χ4v) is 3.98. The van der Waals surface area contributed by atoms with Crippen molar-refractivity contribution in [3.05, 3.63) is 5.51 Å². The molecule has 0 unspecified atom stereocenters. The molecule has 3 fully saturated rings. The highest BCUT2D eigenvalue weighted by molar-refractivity contribution is 7.13. The van der Waals surface area contributed by atoms with E-state index in [1.54, 1.807) is 16.8 Å². The lowest BCUT2D eigenvalue weighted by atomic mass is 9.92. The third-order valence-corrected chi connectivity index (χ3v) is 5.71. The van der Waals surface area contributed by atoms with E-state index in [2.05, 4.69) is 20.4 Å². The Bertz CT molecular complexity index is 487. The number of hydrogen-bond acceptors (Lipinski definition) is 5. The first-order chi connectivity index (χ1) is 9.27. The van der Waals surface area contributed by atoms with Crippen LogP contribution in [0.5, 0.6) is 0 Å².